The fraction of sp³-hybridized carbons (Fsp3) is 0.131. The predicted octanol–water partition coefficient (Wildman–Crippen LogP) is 24.5. The molecule has 14 heteroatoms. The van der Waals surface area contributed by atoms with Crippen LogP contribution in [0, 0.1) is 66.7 Å². The first kappa shape index (κ1) is 62.8. The zero-order chi connectivity index (χ0) is 68.8. The van der Waals surface area contributed by atoms with Crippen molar-refractivity contribution in [2.24, 2.45) is 0 Å². The fourth-order valence-corrected chi connectivity index (χ4v) is 15.4. The maximum absolute atomic E-state index is 15.2. The SMILES string of the molecule is Cc1cccc2c3cccc(C)c3n(-c3cc(C#N)cc(-n4c5c(C)cccc5c5cccc(C)c54)c3-c3ccccc3C(F)(F)F)c12.Cc1cccc2c3cccc(C)c3n(-c3cc(C(F)(F)F)cc(-n4c5c(C)cccc5c5cccc(C)c54)c3-c3ccccc3C(F)(F)F)c12. The topological polar surface area (TPSA) is 43.5 Å². The number of hydrogen-bond acceptors (Lipinski definition) is 1. The van der Waals surface area contributed by atoms with Crippen LogP contribution in [0.3, 0.4) is 0 Å². The van der Waals surface area contributed by atoms with Gasteiger partial charge in [-0.3, -0.25) is 0 Å². The Morgan fingerprint density at radius 3 is 0.684 bits per heavy atom. The minimum Gasteiger partial charge on any atom is -0.308 e. The van der Waals surface area contributed by atoms with E-state index in [-0.39, 0.29) is 28.1 Å². The highest BCUT2D eigenvalue weighted by molar-refractivity contribution is 6.16. The number of nitriles is 1. The minimum absolute atomic E-state index is 0.00675. The van der Waals surface area contributed by atoms with Crippen LogP contribution in [0.2, 0.25) is 0 Å². The first-order valence-corrected chi connectivity index (χ1v) is 32.0. The molecule has 0 atom stereocenters. The second-order valence-electron chi connectivity index (χ2n) is 25.6. The molecule has 0 N–H and O–H groups in total. The molecule has 0 saturated carbocycles. The molecule has 0 aliphatic heterocycles. The summed E-state index contributed by atoms with van der Waals surface area (Å²) in [5, 5.41) is 17.7. The molecular formula is C84H60F9N5. The van der Waals surface area contributed by atoms with Crippen LogP contribution >= 0.6 is 0 Å². The maximum atomic E-state index is 15.2. The van der Waals surface area contributed by atoms with Crippen molar-refractivity contribution in [1.82, 2.24) is 18.3 Å². The standard InChI is InChI=1S/C42H30F6N2.C42H30F3N3/c1-23-11-7-16-28-29-17-8-12-24(2)38(29)49(37(23)28)34-21-27(41(43,44)45)22-35(36(34)32-15-5-6-20-33(32)42(46,47)48)50-39-25(3)13-9-18-30(39)31-19-10-14-26(4)40(31)50;1-24-11-7-16-29-30-17-8-12-25(2)39(30)47(38(24)29)35-21-28(23-46)22-36(37(35)33-15-5-6-20-34(33)42(43,44)45)48-40-26(3)13-9-18-31(40)32-19-10-14-27(4)41(32)48/h5-22H,1-4H3;5-22H,1-4H3. The monoisotopic (exact) mass is 1310 g/mol. The summed E-state index contributed by atoms with van der Waals surface area (Å²) in [6.07, 6.45) is -14.2. The molecule has 0 aliphatic carbocycles. The highest BCUT2D eigenvalue weighted by Crippen LogP contribution is 2.52. The molecule has 0 aliphatic rings. The Kier molecular flexibility index (Phi) is 14.7. The summed E-state index contributed by atoms with van der Waals surface area (Å²) in [4.78, 5) is 0. The third-order valence-corrected chi connectivity index (χ3v) is 19.5. The highest BCUT2D eigenvalue weighted by Gasteiger charge is 2.40. The quantitative estimate of drug-likeness (QED) is 0.153. The van der Waals surface area contributed by atoms with Crippen molar-refractivity contribution in [3.63, 3.8) is 0 Å². The van der Waals surface area contributed by atoms with E-state index in [2.05, 4.69) is 39.5 Å². The number of nitrogens with zero attached hydrogens (tertiary/aromatic N) is 5. The van der Waals surface area contributed by atoms with Crippen LogP contribution in [0.5, 0.6) is 0 Å². The Morgan fingerprint density at radius 1 is 0.265 bits per heavy atom. The van der Waals surface area contributed by atoms with Gasteiger partial charge in [0.1, 0.15) is 0 Å². The van der Waals surface area contributed by atoms with Crippen molar-refractivity contribution in [1.29, 1.82) is 5.26 Å². The first-order chi connectivity index (χ1) is 46.9. The zero-order valence-electron chi connectivity index (χ0n) is 54.4. The average Bonchev–Trinajstić information content (AvgIpc) is 1.49. The second-order valence-corrected chi connectivity index (χ2v) is 25.6. The summed E-state index contributed by atoms with van der Waals surface area (Å²) >= 11 is 0. The van der Waals surface area contributed by atoms with E-state index in [1.807, 2.05) is 177 Å². The Labute approximate surface area is 557 Å². The van der Waals surface area contributed by atoms with Crippen LogP contribution in [-0.4, -0.2) is 18.3 Å². The van der Waals surface area contributed by atoms with Gasteiger partial charge in [0.2, 0.25) is 0 Å². The lowest BCUT2D eigenvalue weighted by molar-refractivity contribution is -0.138. The van der Waals surface area contributed by atoms with Crippen molar-refractivity contribution in [3.05, 3.63) is 285 Å². The largest absolute Gasteiger partial charge is 0.417 e. The smallest absolute Gasteiger partial charge is 0.308 e. The number of aryl methyl sites for hydroxylation is 8. The van der Waals surface area contributed by atoms with Gasteiger partial charge in [-0.15, -0.1) is 0 Å². The molecule has 0 fully saturated rings. The Balaban J connectivity index is 0.000000160. The number of halogens is 9. The van der Waals surface area contributed by atoms with E-state index >= 15 is 39.5 Å². The van der Waals surface area contributed by atoms with E-state index in [9.17, 15) is 5.26 Å². The fourth-order valence-electron chi connectivity index (χ4n) is 15.4. The van der Waals surface area contributed by atoms with E-state index in [1.165, 1.54) is 24.3 Å². The summed E-state index contributed by atoms with van der Waals surface area (Å²) in [6, 6.07) is 65.7. The summed E-state index contributed by atoms with van der Waals surface area (Å²) < 4.78 is 143. The predicted molar refractivity (Wildman–Crippen MR) is 379 cm³/mol. The number of aromatic nitrogens is 4. The van der Waals surface area contributed by atoms with Crippen molar-refractivity contribution in [2.45, 2.75) is 73.9 Å². The van der Waals surface area contributed by atoms with Crippen molar-refractivity contribution >= 4 is 87.2 Å². The summed E-state index contributed by atoms with van der Waals surface area (Å²) in [6.45, 7) is 15.5. The molecule has 5 nitrogen and oxygen atoms in total. The number of para-hydroxylation sites is 8. The van der Waals surface area contributed by atoms with Gasteiger partial charge in [-0.05, 0) is 147 Å². The average molecular weight is 1310 g/mol. The molecule has 4 aromatic heterocycles. The van der Waals surface area contributed by atoms with Crippen LogP contribution in [0.25, 0.3) is 132 Å². The maximum Gasteiger partial charge on any atom is 0.417 e. The number of rotatable bonds is 6. The Bertz CT molecular complexity index is 5540. The number of fused-ring (bicyclic) bond motifs is 12. The lowest BCUT2D eigenvalue weighted by Crippen LogP contribution is -2.14. The van der Waals surface area contributed by atoms with Gasteiger partial charge in [0.25, 0.3) is 0 Å². The molecule has 16 aromatic rings. The van der Waals surface area contributed by atoms with Gasteiger partial charge in [-0.1, -0.05) is 182 Å². The van der Waals surface area contributed by atoms with Gasteiger partial charge in [0, 0.05) is 54.2 Å². The third-order valence-electron chi connectivity index (χ3n) is 19.5. The molecule has 0 amide bonds. The highest BCUT2D eigenvalue weighted by atomic mass is 19.4. The second kappa shape index (κ2) is 22.9. The third kappa shape index (κ3) is 9.75. The molecule has 0 saturated heterocycles. The van der Waals surface area contributed by atoms with Crippen molar-refractivity contribution in [2.75, 3.05) is 0 Å². The van der Waals surface area contributed by atoms with E-state index in [0.29, 0.717) is 44.6 Å². The zero-order valence-corrected chi connectivity index (χ0v) is 54.4. The van der Waals surface area contributed by atoms with E-state index in [0.717, 1.165) is 134 Å². The van der Waals surface area contributed by atoms with Crippen molar-refractivity contribution < 1.29 is 39.5 Å². The lowest BCUT2D eigenvalue weighted by Gasteiger charge is -2.25. The van der Waals surface area contributed by atoms with Gasteiger partial charge in [-0.2, -0.15) is 44.8 Å². The molecule has 0 spiro atoms. The Morgan fingerprint density at radius 2 is 0.480 bits per heavy atom. The molecule has 12 aromatic carbocycles. The van der Waals surface area contributed by atoms with Crippen LogP contribution in [0.4, 0.5) is 39.5 Å². The van der Waals surface area contributed by atoms with Crippen LogP contribution in [-0.2, 0) is 18.5 Å². The molecule has 0 bridgehead atoms. The Hall–Kier alpha value is -11.3. The normalized spacial score (nSPS) is 12.3. The molecule has 484 valence electrons. The summed E-state index contributed by atoms with van der Waals surface area (Å²) in [7, 11) is 0. The molecule has 0 unspecified atom stereocenters. The minimum atomic E-state index is -4.82. The molecule has 0 radical (unpaired) electrons. The number of hydrogen-bond donors (Lipinski definition) is 0. The van der Waals surface area contributed by atoms with Crippen LogP contribution < -0.4 is 0 Å². The first-order valence-electron chi connectivity index (χ1n) is 32.0. The van der Waals surface area contributed by atoms with E-state index < -0.39 is 35.2 Å². The van der Waals surface area contributed by atoms with Crippen LogP contribution in [0.1, 0.15) is 66.8 Å². The van der Waals surface area contributed by atoms with Gasteiger partial charge in [0.15, 0.2) is 0 Å². The van der Waals surface area contributed by atoms with Gasteiger partial charge < -0.3 is 18.3 Å². The van der Waals surface area contributed by atoms with E-state index in [4.69, 9.17) is 0 Å². The molecular weight excluding hydrogens is 1250 g/mol. The van der Waals surface area contributed by atoms with Gasteiger partial charge in [-0.25, -0.2) is 0 Å². The lowest BCUT2D eigenvalue weighted by atomic mass is 9.93. The molecule has 16 rings (SSSR count). The number of alkyl halides is 9. The molecule has 4 heterocycles. The van der Waals surface area contributed by atoms with Gasteiger partial charge >= 0.3 is 18.5 Å². The number of benzene rings is 12. The van der Waals surface area contributed by atoms with Crippen molar-refractivity contribution in [3.8, 4) is 51.1 Å². The summed E-state index contributed by atoms with van der Waals surface area (Å²) in [5.74, 6) is 0. The molecule has 98 heavy (non-hydrogen) atoms. The summed E-state index contributed by atoms with van der Waals surface area (Å²) in [5.41, 5.74) is 12.1. The van der Waals surface area contributed by atoms with Crippen LogP contribution in [0.15, 0.2) is 218 Å². The van der Waals surface area contributed by atoms with E-state index in [1.54, 1.807) is 33.4 Å². The van der Waals surface area contributed by atoms with Gasteiger partial charge in [0.05, 0.1) is 95.2 Å².